The molecule has 1 fully saturated rings. The van der Waals surface area contributed by atoms with Crippen molar-refractivity contribution < 1.29 is 33.2 Å². The lowest BCUT2D eigenvalue weighted by molar-refractivity contribution is -0.139. The fraction of sp³-hybridized carbons (Fsp3) is 0.417. The number of benzene rings is 2. The summed E-state index contributed by atoms with van der Waals surface area (Å²) in [5.41, 5.74) is 1.71. The number of amides is 6. The number of pyridine rings is 1. The summed E-state index contributed by atoms with van der Waals surface area (Å²) in [5.74, 6) is -4.40. The first kappa shape index (κ1) is 37.4. The van der Waals surface area contributed by atoms with Crippen LogP contribution in [0.15, 0.2) is 54.6 Å². The molecule has 2 heterocycles. The molecule has 1 aliphatic heterocycles. The van der Waals surface area contributed by atoms with E-state index < -0.39 is 71.3 Å². The zero-order valence-corrected chi connectivity index (χ0v) is 28.8. The van der Waals surface area contributed by atoms with Crippen LogP contribution in [0.25, 0.3) is 10.9 Å². The van der Waals surface area contributed by atoms with Crippen molar-refractivity contribution >= 4 is 46.3 Å². The number of hydrogen-bond donors (Lipinski definition) is 5. The van der Waals surface area contributed by atoms with Crippen LogP contribution in [-0.4, -0.2) is 89.6 Å². The Hall–Kier alpha value is -5.40. The lowest BCUT2D eigenvalue weighted by Crippen LogP contribution is -2.59. The highest BCUT2D eigenvalue weighted by molar-refractivity contribution is 6.07. The van der Waals surface area contributed by atoms with Gasteiger partial charge in [0.25, 0.3) is 5.91 Å². The van der Waals surface area contributed by atoms with E-state index in [4.69, 9.17) is 0 Å². The van der Waals surface area contributed by atoms with Crippen molar-refractivity contribution in [1.29, 1.82) is 0 Å². The number of nitrogens with zero attached hydrogens (tertiary/aromatic N) is 2. The summed E-state index contributed by atoms with van der Waals surface area (Å²) >= 11 is 0. The van der Waals surface area contributed by atoms with Crippen LogP contribution in [0.5, 0.6) is 0 Å². The third kappa shape index (κ3) is 9.83. The third-order valence-corrected chi connectivity index (χ3v) is 8.41. The summed E-state index contributed by atoms with van der Waals surface area (Å²) in [5, 5.41) is 13.9. The normalized spacial score (nSPS) is 21.8. The van der Waals surface area contributed by atoms with Gasteiger partial charge in [0.2, 0.25) is 29.5 Å². The van der Waals surface area contributed by atoms with Gasteiger partial charge in [-0.2, -0.15) is 0 Å². The summed E-state index contributed by atoms with van der Waals surface area (Å²) in [6, 6.07) is 10.1. The predicted molar refractivity (Wildman–Crippen MR) is 184 cm³/mol. The lowest BCUT2D eigenvalue weighted by Gasteiger charge is -2.28. The Morgan fingerprint density at radius 3 is 2.40 bits per heavy atom. The first-order valence-corrected chi connectivity index (χ1v) is 16.6. The van der Waals surface area contributed by atoms with Crippen LogP contribution in [-0.2, 0) is 30.4 Å². The number of nitrogens with one attached hydrogen (secondary N) is 5. The standard InChI is InChI=1S/C36H44FN7O6/c1-20(2)31-35(49)40-22(4)32(46)42-29(17-23-10-7-6-8-11-23)36(50)44(5)19-30(45)38-15-9-12-27(34(48)43-31)41-33(47)26-16-21(3)39-28-18-24(37)13-14-25(26)28/h6-8,10-11,13-14,16,18,20,22,27,29,31H,9,12,15,17,19H2,1-5H3,(H,38,45)(H,40,49)(H,41,47)(H,42,46)(H,43,48)/t22-,27+,29+,31-/m1/s1. The maximum Gasteiger partial charge on any atom is 0.252 e. The van der Waals surface area contributed by atoms with Crippen LogP contribution in [0.1, 0.15) is 55.2 Å². The van der Waals surface area contributed by atoms with Crippen molar-refractivity contribution in [1.82, 2.24) is 36.5 Å². The number of fused-ring (bicyclic) bond motifs is 1. The number of rotatable bonds is 5. The highest BCUT2D eigenvalue weighted by Gasteiger charge is 2.33. The largest absolute Gasteiger partial charge is 0.355 e. The second-order valence-corrected chi connectivity index (χ2v) is 12.9. The van der Waals surface area contributed by atoms with Crippen molar-refractivity contribution in [2.45, 2.75) is 71.1 Å². The van der Waals surface area contributed by atoms with Crippen molar-refractivity contribution in [2.75, 3.05) is 20.1 Å². The van der Waals surface area contributed by atoms with Gasteiger partial charge in [-0.1, -0.05) is 44.2 Å². The summed E-state index contributed by atoms with van der Waals surface area (Å²) in [6.07, 6.45) is 0.487. The van der Waals surface area contributed by atoms with Gasteiger partial charge < -0.3 is 31.5 Å². The zero-order chi connectivity index (χ0) is 36.5. The summed E-state index contributed by atoms with van der Waals surface area (Å²) < 4.78 is 13.9. The van der Waals surface area contributed by atoms with Gasteiger partial charge in [0.1, 0.15) is 30.0 Å². The van der Waals surface area contributed by atoms with Gasteiger partial charge >= 0.3 is 0 Å². The number of carbonyl (C=O) groups is 6. The highest BCUT2D eigenvalue weighted by Crippen LogP contribution is 2.20. The molecule has 0 radical (unpaired) electrons. The molecule has 0 spiro atoms. The number of hydrogen-bond acceptors (Lipinski definition) is 7. The van der Waals surface area contributed by atoms with Crippen molar-refractivity contribution in [2.24, 2.45) is 5.92 Å². The second-order valence-electron chi connectivity index (χ2n) is 12.9. The molecule has 0 saturated carbocycles. The SMILES string of the molecule is Cc1cc(C(=O)N[C@H]2CCCNC(=O)CN(C)C(=O)[C@H](Cc3ccccc3)NC(=O)[C@@H](C)NC(=O)[C@@H](C(C)C)NC2=O)c2ccc(F)cc2n1. The van der Waals surface area contributed by atoms with Crippen molar-refractivity contribution in [3.63, 3.8) is 0 Å². The molecule has 6 amide bonds. The summed E-state index contributed by atoms with van der Waals surface area (Å²) in [7, 11) is 1.46. The van der Waals surface area contributed by atoms with E-state index in [0.29, 0.717) is 11.1 Å². The van der Waals surface area contributed by atoms with Crippen LogP contribution in [0.3, 0.4) is 0 Å². The minimum atomic E-state index is -1.14. The molecule has 5 N–H and O–H groups in total. The molecule has 4 atom stereocenters. The molecule has 0 unspecified atom stereocenters. The van der Waals surface area contributed by atoms with Gasteiger partial charge in [0, 0.05) is 37.2 Å². The van der Waals surface area contributed by atoms with Crippen LogP contribution in [0.2, 0.25) is 0 Å². The fourth-order valence-electron chi connectivity index (χ4n) is 5.68. The average molecular weight is 690 g/mol. The van der Waals surface area contributed by atoms with E-state index in [0.717, 1.165) is 5.56 Å². The van der Waals surface area contributed by atoms with E-state index in [1.54, 1.807) is 20.8 Å². The Balaban J connectivity index is 1.59. The molecule has 1 saturated heterocycles. The number of aryl methyl sites for hydroxylation is 1. The lowest BCUT2D eigenvalue weighted by atomic mass is 10.0. The molecule has 3 aromatic rings. The molecule has 14 heteroatoms. The molecule has 2 aromatic carbocycles. The second kappa shape index (κ2) is 16.8. The average Bonchev–Trinajstić information content (AvgIpc) is 3.06. The summed E-state index contributed by atoms with van der Waals surface area (Å²) in [4.78, 5) is 86.0. The van der Waals surface area contributed by atoms with E-state index in [1.807, 2.05) is 30.3 Å². The predicted octanol–water partition coefficient (Wildman–Crippen LogP) is 1.52. The number of halogens is 1. The first-order valence-electron chi connectivity index (χ1n) is 16.6. The quantitative estimate of drug-likeness (QED) is 0.270. The van der Waals surface area contributed by atoms with Gasteiger partial charge in [-0.15, -0.1) is 0 Å². The van der Waals surface area contributed by atoms with E-state index >= 15 is 0 Å². The number of carbonyl (C=O) groups excluding carboxylic acids is 6. The molecule has 4 rings (SSSR count). The van der Waals surface area contributed by atoms with E-state index in [9.17, 15) is 33.2 Å². The monoisotopic (exact) mass is 689 g/mol. The Labute approximate surface area is 290 Å². The molecular formula is C36H44FN7O6. The Morgan fingerprint density at radius 1 is 0.980 bits per heavy atom. The zero-order valence-electron chi connectivity index (χ0n) is 28.8. The maximum atomic E-state index is 13.9. The number of likely N-dealkylation sites (N-methyl/N-ethyl adjacent to an activating group) is 1. The van der Waals surface area contributed by atoms with Crippen LogP contribution < -0.4 is 26.6 Å². The van der Waals surface area contributed by atoms with E-state index in [1.165, 1.54) is 43.1 Å². The smallest absolute Gasteiger partial charge is 0.252 e. The third-order valence-electron chi connectivity index (χ3n) is 8.41. The maximum absolute atomic E-state index is 13.9. The first-order chi connectivity index (χ1) is 23.7. The van der Waals surface area contributed by atoms with Gasteiger partial charge in [0.15, 0.2) is 0 Å². The minimum Gasteiger partial charge on any atom is -0.355 e. The molecule has 1 aliphatic rings. The number of aromatic nitrogens is 1. The van der Waals surface area contributed by atoms with E-state index in [-0.39, 0.29) is 43.4 Å². The molecule has 1 aromatic heterocycles. The van der Waals surface area contributed by atoms with Gasteiger partial charge in [0.05, 0.1) is 17.6 Å². The van der Waals surface area contributed by atoms with Crippen molar-refractivity contribution in [3.8, 4) is 0 Å². The molecule has 13 nitrogen and oxygen atoms in total. The topological polar surface area (TPSA) is 179 Å². The van der Waals surface area contributed by atoms with Gasteiger partial charge in [-0.05, 0) is 56.4 Å². The Kier molecular flexibility index (Phi) is 12.6. The fourth-order valence-corrected chi connectivity index (χ4v) is 5.68. The molecule has 0 bridgehead atoms. The summed E-state index contributed by atoms with van der Waals surface area (Å²) in [6.45, 7) is 6.39. The van der Waals surface area contributed by atoms with Crippen LogP contribution in [0.4, 0.5) is 4.39 Å². The van der Waals surface area contributed by atoms with Gasteiger partial charge in [-0.3, -0.25) is 33.8 Å². The Bertz CT molecular complexity index is 1750. The Morgan fingerprint density at radius 2 is 1.70 bits per heavy atom. The van der Waals surface area contributed by atoms with Crippen LogP contribution in [0, 0.1) is 18.7 Å². The highest BCUT2D eigenvalue weighted by atomic mass is 19.1. The molecule has 0 aliphatic carbocycles. The molecular weight excluding hydrogens is 645 g/mol. The van der Waals surface area contributed by atoms with Crippen molar-refractivity contribution in [3.05, 3.63) is 77.2 Å². The minimum absolute atomic E-state index is 0.0770. The molecule has 50 heavy (non-hydrogen) atoms. The molecule has 266 valence electrons. The van der Waals surface area contributed by atoms with Gasteiger partial charge in [-0.25, -0.2) is 4.39 Å². The van der Waals surface area contributed by atoms with Crippen LogP contribution >= 0.6 is 0 Å². The van der Waals surface area contributed by atoms with E-state index in [2.05, 4.69) is 31.6 Å².